The van der Waals surface area contributed by atoms with E-state index in [1.54, 1.807) is 7.05 Å². The first kappa shape index (κ1) is 21.2. The summed E-state index contributed by atoms with van der Waals surface area (Å²) in [5.41, 5.74) is 3.38. The monoisotopic (exact) mass is 452 g/mol. The number of ether oxygens (including phenoxy) is 1. The van der Waals surface area contributed by atoms with E-state index in [4.69, 9.17) is 4.74 Å². The smallest absolute Gasteiger partial charge is 0.243 e. The van der Waals surface area contributed by atoms with Gasteiger partial charge in [-0.15, -0.1) is 0 Å². The van der Waals surface area contributed by atoms with Crippen LogP contribution in [0.5, 0.6) is 5.75 Å². The average Bonchev–Trinajstić information content (AvgIpc) is 3.21. The maximum atomic E-state index is 12.6. The maximum absolute atomic E-state index is 12.6. The van der Waals surface area contributed by atoms with Crippen molar-refractivity contribution in [3.05, 3.63) is 77.6 Å². The molecule has 0 radical (unpaired) electrons. The summed E-state index contributed by atoms with van der Waals surface area (Å²) >= 11 is 0. The molecule has 2 aromatic carbocycles. The lowest BCUT2D eigenvalue weighted by atomic mass is 9.81. The molecule has 8 heteroatoms. The molecule has 2 aliphatic rings. The number of hydrogen-bond donors (Lipinski definition) is 1. The number of likely N-dealkylation sites (tertiary alicyclic amines) is 1. The maximum Gasteiger partial charge on any atom is 0.243 e. The van der Waals surface area contributed by atoms with Crippen LogP contribution in [0.3, 0.4) is 0 Å². The predicted molar refractivity (Wildman–Crippen MR) is 122 cm³/mol. The van der Waals surface area contributed by atoms with Crippen molar-refractivity contribution in [3.8, 4) is 5.75 Å². The van der Waals surface area contributed by atoms with E-state index in [-0.39, 0.29) is 11.4 Å². The standard InChI is InChI=1S/C24H28N4O3S/c1-27-16-20(15-25-27)32(29,30)26-14-19-8-9-24-22(13-19)21(12-18-6-3-2-4-7-18)23(17-31-24)28-10-5-11-28/h2-4,6-9,13,15-16,21,23,26H,5,10-12,14,17H2,1H3/t21-,23+/m0/s1. The van der Waals surface area contributed by atoms with Crippen LogP contribution in [0, 0.1) is 0 Å². The van der Waals surface area contributed by atoms with Crippen LogP contribution in [0.1, 0.15) is 29.0 Å². The van der Waals surface area contributed by atoms with E-state index in [1.165, 1.54) is 29.1 Å². The molecule has 3 heterocycles. The van der Waals surface area contributed by atoms with Crippen molar-refractivity contribution >= 4 is 10.0 Å². The third kappa shape index (κ3) is 4.30. The average molecular weight is 453 g/mol. The van der Waals surface area contributed by atoms with E-state index in [0.29, 0.717) is 18.6 Å². The molecule has 1 N–H and O–H groups in total. The molecule has 7 nitrogen and oxygen atoms in total. The van der Waals surface area contributed by atoms with Crippen molar-refractivity contribution in [2.45, 2.75) is 36.2 Å². The minimum atomic E-state index is -3.61. The Morgan fingerprint density at radius 3 is 2.62 bits per heavy atom. The van der Waals surface area contributed by atoms with Gasteiger partial charge in [0.25, 0.3) is 0 Å². The lowest BCUT2D eigenvalue weighted by Crippen LogP contribution is -2.52. The quantitative estimate of drug-likeness (QED) is 0.597. The van der Waals surface area contributed by atoms with E-state index in [0.717, 1.165) is 36.4 Å². The molecule has 1 saturated heterocycles. The second-order valence-electron chi connectivity index (χ2n) is 8.61. The van der Waals surface area contributed by atoms with Crippen molar-refractivity contribution in [2.75, 3.05) is 19.7 Å². The fourth-order valence-corrected chi connectivity index (χ4v) is 5.57. The number of rotatable bonds is 7. The summed E-state index contributed by atoms with van der Waals surface area (Å²) in [6.07, 6.45) is 5.02. The molecule has 0 bridgehead atoms. The highest BCUT2D eigenvalue weighted by Crippen LogP contribution is 2.40. The van der Waals surface area contributed by atoms with Gasteiger partial charge in [0.05, 0.1) is 12.2 Å². The van der Waals surface area contributed by atoms with Gasteiger partial charge in [-0.1, -0.05) is 42.5 Å². The first-order valence-corrected chi connectivity index (χ1v) is 12.5. The van der Waals surface area contributed by atoms with Gasteiger partial charge >= 0.3 is 0 Å². The number of benzene rings is 2. The molecule has 2 aliphatic heterocycles. The highest BCUT2D eigenvalue weighted by atomic mass is 32.2. The van der Waals surface area contributed by atoms with Gasteiger partial charge in [0.15, 0.2) is 0 Å². The van der Waals surface area contributed by atoms with Gasteiger partial charge < -0.3 is 4.74 Å². The van der Waals surface area contributed by atoms with Crippen LogP contribution in [0.4, 0.5) is 0 Å². The number of sulfonamides is 1. The Balaban J connectivity index is 1.40. The number of hydrogen-bond acceptors (Lipinski definition) is 5. The van der Waals surface area contributed by atoms with Crippen LogP contribution in [0.15, 0.2) is 65.8 Å². The molecular weight excluding hydrogens is 424 g/mol. The second kappa shape index (κ2) is 8.69. The molecule has 1 fully saturated rings. The van der Waals surface area contributed by atoms with Crippen molar-refractivity contribution < 1.29 is 13.2 Å². The number of nitrogens with zero attached hydrogens (tertiary/aromatic N) is 3. The number of aromatic nitrogens is 2. The summed E-state index contributed by atoms with van der Waals surface area (Å²) in [6, 6.07) is 16.9. The summed E-state index contributed by atoms with van der Waals surface area (Å²) in [5, 5.41) is 3.96. The van der Waals surface area contributed by atoms with E-state index < -0.39 is 10.0 Å². The van der Waals surface area contributed by atoms with Crippen LogP contribution in [-0.4, -0.2) is 48.8 Å². The Kier molecular flexibility index (Phi) is 5.75. The lowest BCUT2D eigenvalue weighted by molar-refractivity contribution is 0.0501. The molecule has 168 valence electrons. The minimum Gasteiger partial charge on any atom is -0.492 e. The van der Waals surface area contributed by atoms with Gasteiger partial charge in [-0.25, -0.2) is 13.1 Å². The summed E-state index contributed by atoms with van der Waals surface area (Å²) in [7, 11) is -1.91. The van der Waals surface area contributed by atoms with Crippen molar-refractivity contribution in [1.29, 1.82) is 0 Å². The fourth-order valence-electron chi connectivity index (χ4n) is 4.57. The van der Waals surface area contributed by atoms with Crippen molar-refractivity contribution in [2.24, 2.45) is 7.05 Å². The zero-order valence-corrected chi connectivity index (χ0v) is 19.0. The van der Waals surface area contributed by atoms with Crippen molar-refractivity contribution in [3.63, 3.8) is 0 Å². The van der Waals surface area contributed by atoms with Crippen LogP contribution >= 0.6 is 0 Å². The van der Waals surface area contributed by atoms with Crippen LogP contribution < -0.4 is 9.46 Å². The molecule has 32 heavy (non-hydrogen) atoms. The van der Waals surface area contributed by atoms with E-state index in [1.807, 2.05) is 18.2 Å². The van der Waals surface area contributed by atoms with Gasteiger partial charge in [0.1, 0.15) is 17.3 Å². The zero-order valence-electron chi connectivity index (χ0n) is 18.1. The normalized spacial score (nSPS) is 20.9. The van der Waals surface area contributed by atoms with Gasteiger partial charge in [-0.05, 0) is 48.7 Å². The van der Waals surface area contributed by atoms with Crippen LogP contribution in [-0.2, 0) is 30.0 Å². The third-order valence-corrected chi connectivity index (χ3v) is 7.82. The SMILES string of the molecule is Cn1cc(S(=O)(=O)NCc2ccc3c(c2)[C@H](Cc2ccccc2)[C@H](N2CCC2)CO3)cn1. The van der Waals surface area contributed by atoms with Gasteiger partial charge in [0.2, 0.25) is 10.0 Å². The molecular formula is C24H28N4O3S. The summed E-state index contributed by atoms with van der Waals surface area (Å²) < 4.78 is 35.5. The Morgan fingerprint density at radius 2 is 1.94 bits per heavy atom. The van der Waals surface area contributed by atoms with E-state index in [9.17, 15) is 8.42 Å². The van der Waals surface area contributed by atoms with Gasteiger partial charge in [-0.3, -0.25) is 9.58 Å². The van der Waals surface area contributed by atoms with E-state index in [2.05, 4.69) is 45.1 Å². The Hall–Kier alpha value is -2.68. The summed E-state index contributed by atoms with van der Waals surface area (Å²) in [6.45, 7) is 3.13. The molecule has 0 spiro atoms. The second-order valence-corrected chi connectivity index (χ2v) is 10.4. The molecule has 0 saturated carbocycles. The lowest BCUT2D eigenvalue weighted by Gasteiger charge is -2.45. The highest BCUT2D eigenvalue weighted by molar-refractivity contribution is 7.89. The number of nitrogens with one attached hydrogen (secondary N) is 1. The third-order valence-electron chi connectivity index (χ3n) is 6.46. The number of fused-ring (bicyclic) bond motifs is 1. The summed E-state index contributed by atoms with van der Waals surface area (Å²) in [4.78, 5) is 2.68. The fraction of sp³-hybridized carbons (Fsp3) is 0.375. The molecule has 2 atom stereocenters. The van der Waals surface area contributed by atoms with E-state index >= 15 is 0 Å². The predicted octanol–water partition coefficient (Wildman–Crippen LogP) is 2.69. The molecule has 0 amide bonds. The summed E-state index contributed by atoms with van der Waals surface area (Å²) in [5.74, 6) is 1.21. The Bertz CT molecular complexity index is 1190. The largest absolute Gasteiger partial charge is 0.492 e. The van der Waals surface area contributed by atoms with Crippen molar-refractivity contribution in [1.82, 2.24) is 19.4 Å². The molecule has 3 aromatic rings. The molecule has 0 aliphatic carbocycles. The first-order chi connectivity index (χ1) is 15.5. The van der Waals surface area contributed by atoms with Gasteiger partial charge in [0, 0.05) is 25.7 Å². The Labute approximate surface area is 189 Å². The molecule has 5 rings (SSSR count). The first-order valence-electron chi connectivity index (χ1n) is 11.0. The molecule has 0 unspecified atom stereocenters. The van der Waals surface area contributed by atoms with Gasteiger partial charge in [-0.2, -0.15) is 5.10 Å². The topological polar surface area (TPSA) is 76.5 Å². The van der Waals surface area contributed by atoms with Crippen LogP contribution in [0.2, 0.25) is 0 Å². The number of aryl methyl sites for hydroxylation is 1. The van der Waals surface area contributed by atoms with Crippen LogP contribution in [0.25, 0.3) is 0 Å². The zero-order chi connectivity index (χ0) is 22.1. The Morgan fingerprint density at radius 1 is 1.12 bits per heavy atom. The molecule has 1 aromatic heterocycles. The minimum absolute atomic E-state index is 0.168. The highest BCUT2D eigenvalue weighted by Gasteiger charge is 2.37.